The predicted octanol–water partition coefficient (Wildman–Crippen LogP) is 2.75. The highest BCUT2D eigenvalue weighted by atomic mass is 16.1. The first kappa shape index (κ1) is 16.1. The van der Waals surface area contributed by atoms with Gasteiger partial charge in [0.2, 0.25) is 5.91 Å². The summed E-state index contributed by atoms with van der Waals surface area (Å²) in [6, 6.07) is 18.0. The van der Waals surface area contributed by atoms with Gasteiger partial charge in [0.15, 0.2) is 0 Å². The van der Waals surface area contributed by atoms with E-state index < -0.39 is 0 Å². The van der Waals surface area contributed by atoms with Crippen molar-refractivity contribution in [3.8, 4) is 0 Å². The zero-order valence-corrected chi connectivity index (χ0v) is 13.8. The maximum atomic E-state index is 12.0. The molecule has 0 unspecified atom stereocenters. The quantitative estimate of drug-likeness (QED) is 0.703. The van der Waals surface area contributed by atoms with Gasteiger partial charge >= 0.3 is 0 Å². The van der Waals surface area contributed by atoms with Crippen LogP contribution < -0.4 is 10.2 Å². The highest BCUT2D eigenvalue weighted by molar-refractivity contribution is 5.77. The molecule has 0 saturated heterocycles. The Balaban J connectivity index is 1.41. The Morgan fingerprint density at radius 2 is 1.88 bits per heavy atom. The Bertz CT molecular complexity index is 764. The second-order valence-electron chi connectivity index (χ2n) is 5.81. The van der Waals surface area contributed by atoms with Crippen LogP contribution in [0.5, 0.6) is 0 Å². The highest BCUT2D eigenvalue weighted by Gasteiger charge is 2.06. The lowest BCUT2D eigenvalue weighted by Crippen LogP contribution is -2.33. The molecule has 3 rings (SSSR count). The standard InChI is InChI=1S/C19H22N4O/c1-23(15-7-3-2-4-8-15)14-13-20-19(24)12-11-18-21-16-9-5-6-10-17(16)22-18/h2-10H,11-14H2,1H3,(H,20,24)(H,21,22). The molecule has 2 aromatic carbocycles. The number of carbonyl (C=O) groups is 1. The smallest absolute Gasteiger partial charge is 0.220 e. The summed E-state index contributed by atoms with van der Waals surface area (Å²) in [6.07, 6.45) is 1.06. The molecule has 0 aliphatic heterocycles. The first-order valence-corrected chi connectivity index (χ1v) is 8.19. The fourth-order valence-electron chi connectivity index (χ4n) is 2.62. The van der Waals surface area contributed by atoms with Crippen molar-refractivity contribution in [2.75, 3.05) is 25.0 Å². The number of aryl methyl sites for hydroxylation is 1. The fraction of sp³-hybridized carbons (Fsp3) is 0.263. The number of amides is 1. The molecule has 0 aliphatic carbocycles. The lowest BCUT2D eigenvalue weighted by atomic mass is 10.3. The topological polar surface area (TPSA) is 61.0 Å². The van der Waals surface area contributed by atoms with Crippen LogP contribution in [0, 0.1) is 0 Å². The third kappa shape index (κ3) is 4.13. The molecule has 0 fully saturated rings. The van der Waals surface area contributed by atoms with Gasteiger partial charge in [-0.2, -0.15) is 0 Å². The number of H-pyrrole nitrogens is 1. The summed E-state index contributed by atoms with van der Waals surface area (Å²) >= 11 is 0. The Hall–Kier alpha value is -2.82. The molecule has 2 N–H and O–H groups in total. The van der Waals surface area contributed by atoms with E-state index in [1.165, 1.54) is 0 Å². The van der Waals surface area contributed by atoms with Crippen molar-refractivity contribution in [1.82, 2.24) is 15.3 Å². The maximum absolute atomic E-state index is 12.0. The first-order valence-electron chi connectivity index (χ1n) is 8.19. The second-order valence-corrected chi connectivity index (χ2v) is 5.81. The van der Waals surface area contributed by atoms with Crippen LogP contribution in [0.25, 0.3) is 11.0 Å². The van der Waals surface area contributed by atoms with Gasteiger partial charge in [-0.1, -0.05) is 30.3 Å². The monoisotopic (exact) mass is 322 g/mol. The van der Waals surface area contributed by atoms with Crippen LogP contribution >= 0.6 is 0 Å². The van der Waals surface area contributed by atoms with E-state index >= 15 is 0 Å². The van der Waals surface area contributed by atoms with Crippen LogP contribution in [0.2, 0.25) is 0 Å². The Kier molecular flexibility index (Phi) is 5.11. The van der Waals surface area contributed by atoms with Crippen LogP contribution in [0.3, 0.4) is 0 Å². The lowest BCUT2D eigenvalue weighted by molar-refractivity contribution is -0.121. The van der Waals surface area contributed by atoms with Gasteiger partial charge in [-0.25, -0.2) is 4.98 Å². The minimum Gasteiger partial charge on any atom is -0.373 e. The van der Waals surface area contributed by atoms with Crippen LogP contribution in [0.15, 0.2) is 54.6 Å². The van der Waals surface area contributed by atoms with Crippen molar-refractivity contribution in [3.63, 3.8) is 0 Å². The average Bonchev–Trinajstić information content (AvgIpc) is 3.03. The van der Waals surface area contributed by atoms with Crippen LogP contribution in [0.1, 0.15) is 12.2 Å². The average molecular weight is 322 g/mol. The number of para-hydroxylation sites is 3. The van der Waals surface area contributed by atoms with E-state index in [-0.39, 0.29) is 5.91 Å². The van der Waals surface area contributed by atoms with Crippen molar-refractivity contribution in [2.45, 2.75) is 12.8 Å². The van der Waals surface area contributed by atoms with Crippen LogP contribution in [-0.4, -0.2) is 36.0 Å². The van der Waals surface area contributed by atoms with Gasteiger partial charge in [0, 0.05) is 38.7 Å². The number of anilines is 1. The Labute approximate surface area is 141 Å². The molecule has 0 spiro atoms. The Morgan fingerprint density at radius 1 is 1.12 bits per heavy atom. The number of benzene rings is 2. The van der Waals surface area contributed by atoms with E-state index in [1.54, 1.807) is 0 Å². The summed E-state index contributed by atoms with van der Waals surface area (Å²) < 4.78 is 0. The number of carbonyl (C=O) groups excluding carboxylic acids is 1. The number of hydrogen-bond acceptors (Lipinski definition) is 3. The minimum atomic E-state index is 0.0527. The molecular formula is C19H22N4O. The van der Waals surface area contributed by atoms with E-state index in [9.17, 15) is 4.79 Å². The van der Waals surface area contributed by atoms with Crippen molar-refractivity contribution in [2.24, 2.45) is 0 Å². The van der Waals surface area contributed by atoms with Gasteiger partial charge < -0.3 is 15.2 Å². The summed E-state index contributed by atoms with van der Waals surface area (Å²) in [5.41, 5.74) is 3.10. The molecule has 5 nitrogen and oxygen atoms in total. The number of hydrogen-bond donors (Lipinski definition) is 2. The number of likely N-dealkylation sites (N-methyl/N-ethyl adjacent to an activating group) is 1. The molecule has 5 heteroatoms. The van der Waals surface area contributed by atoms with Gasteiger partial charge in [-0.15, -0.1) is 0 Å². The van der Waals surface area contributed by atoms with Gasteiger partial charge in [0.25, 0.3) is 0 Å². The molecule has 0 bridgehead atoms. The van der Waals surface area contributed by atoms with Crippen molar-refractivity contribution >= 4 is 22.6 Å². The predicted molar refractivity (Wildman–Crippen MR) is 97.1 cm³/mol. The van der Waals surface area contributed by atoms with Gasteiger partial charge in [0.1, 0.15) is 5.82 Å². The summed E-state index contributed by atoms with van der Waals surface area (Å²) in [5.74, 6) is 0.907. The first-order chi connectivity index (χ1) is 11.7. The summed E-state index contributed by atoms with van der Waals surface area (Å²) in [5, 5.41) is 2.97. The second kappa shape index (κ2) is 7.64. The SMILES string of the molecule is CN(CCNC(=O)CCc1nc2ccccc2[nH]1)c1ccccc1. The van der Waals surface area contributed by atoms with Gasteiger partial charge in [0.05, 0.1) is 11.0 Å². The number of imidazole rings is 1. The van der Waals surface area contributed by atoms with E-state index in [4.69, 9.17) is 0 Å². The van der Waals surface area contributed by atoms with Crippen molar-refractivity contribution < 1.29 is 4.79 Å². The van der Waals surface area contributed by atoms with Crippen LogP contribution in [0.4, 0.5) is 5.69 Å². The molecule has 124 valence electrons. The molecular weight excluding hydrogens is 300 g/mol. The summed E-state index contributed by atoms with van der Waals surface area (Å²) in [4.78, 5) is 21.8. The number of aromatic amines is 1. The fourth-order valence-corrected chi connectivity index (χ4v) is 2.62. The van der Waals surface area contributed by atoms with Crippen molar-refractivity contribution in [1.29, 1.82) is 0 Å². The highest BCUT2D eigenvalue weighted by Crippen LogP contribution is 2.11. The number of fused-ring (bicyclic) bond motifs is 1. The van der Waals surface area contributed by atoms with E-state index in [2.05, 4.69) is 32.3 Å². The number of nitrogens with zero attached hydrogens (tertiary/aromatic N) is 2. The largest absolute Gasteiger partial charge is 0.373 e. The molecule has 1 amide bonds. The van der Waals surface area contributed by atoms with Gasteiger partial charge in [-0.05, 0) is 24.3 Å². The molecule has 1 heterocycles. The molecule has 0 atom stereocenters. The third-order valence-electron chi connectivity index (χ3n) is 3.99. The number of aromatic nitrogens is 2. The molecule has 0 saturated carbocycles. The molecule has 1 aromatic heterocycles. The molecule has 0 aliphatic rings. The molecule has 3 aromatic rings. The van der Waals surface area contributed by atoms with E-state index in [0.717, 1.165) is 29.1 Å². The molecule has 0 radical (unpaired) electrons. The van der Waals surface area contributed by atoms with Gasteiger partial charge in [-0.3, -0.25) is 4.79 Å². The van der Waals surface area contributed by atoms with E-state index in [0.29, 0.717) is 19.4 Å². The summed E-state index contributed by atoms with van der Waals surface area (Å²) in [7, 11) is 2.02. The third-order valence-corrected chi connectivity index (χ3v) is 3.99. The van der Waals surface area contributed by atoms with Crippen LogP contribution in [-0.2, 0) is 11.2 Å². The van der Waals surface area contributed by atoms with Crippen molar-refractivity contribution in [3.05, 3.63) is 60.4 Å². The number of nitrogens with one attached hydrogen (secondary N) is 2. The van der Waals surface area contributed by atoms with E-state index in [1.807, 2.05) is 49.5 Å². The number of rotatable bonds is 7. The zero-order chi connectivity index (χ0) is 16.8. The zero-order valence-electron chi connectivity index (χ0n) is 13.8. The molecule has 24 heavy (non-hydrogen) atoms. The summed E-state index contributed by atoms with van der Waals surface area (Å²) in [6.45, 7) is 1.41. The lowest BCUT2D eigenvalue weighted by Gasteiger charge is -2.19. The normalized spacial score (nSPS) is 10.7. The Morgan fingerprint density at radius 3 is 2.67 bits per heavy atom. The maximum Gasteiger partial charge on any atom is 0.220 e. The minimum absolute atomic E-state index is 0.0527.